The van der Waals surface area contributed by atoms with Crippen molar-refractivity contribution >= 4 is 5.78 Å². The Bertz CT molecular complexity index is 394. The molecule has 3 atom stereocenters. The number of aliphatic hydroxyl groups is 1. The highest BCUT2D eigenvalue weighted by atomic mass is 16.3. The lowest BCUT2D eigenvalue weighted by Crippen LogP contribution is -2.22. The molecule has 1 aromatic carbocycles. The normalized spacial score (nSPS) is 26.2. The van der Waals surface area contributed by atoms with Gasteiger partial charge in [-0.1, -0.05) is 43.2 Å². The zero-order valence-corrected chi connectivity index (χ0v) is 10.5. The van der Waals surface area contributed by atoms with Crippen LogP contribution in [0.5, 0.6) is 0 Å². The van der Waals surface area contributed by atoms with Gasteiger partial charge in [0.1, 0.15) is 5.78 Å². The van der Waals surface area contributed by atoms with Gasteiger partial charge in [-0.25, -0.2) is 0 Å². The Kier molecular flexibility index (Phi) is 3.63. The fourth-order valence-corrected chi connectivity index (χ4v) is 2.80. The third-order valence-electron chi connectivity index (χ3n) is 3.92. The second kappa shape index (κ2) is 5.01. The number of benzene rings is 1. The summed E-state index contributed by atoms with van der Waals surface area (Å²) in [5.74, 6) is 0.381. The molecular formula is C15H20O2. The van der Waals surface area contributed by atoms with Gasteiger partial charge >= 0.3 is 0 Å². The third kappa shape index (κ3) is 2.42. The minimum absolute atomic E-state index is 0.192. The molecule has 0 amide bonds. The van der Waals surface area contributed by atoms with Crippen LogP contribution in [0.3, 0.4) is 0 Å². The van der Waals surface area contributed by atoms with Crippen molar-refractivity contribution in [3.8, 4) is 0 Å². The van der Waals surface area contributed by atoms with E-state index in [0.717, 1.165) is 18.4 Å². The van der Waals surface area contributed by atoms with Crippen molar-refractivity contribution < 1.29 is 9.90 Å². The second-order valence-corrected chi connectivity index (χ2v) is 5.05. The van der Waals surface area contributed by atoms with Crippen molar-refractivity contribution in [2.45, 2.75) is 39.2 Å². The maximum absolute atomic E-state index is 11.9. The summed E-state index contributed by atoms with van der Waals surface area (Å²) >= 11 is 0. The van der Waals surface area contributed by atoms with E-state index in [1.807, 2.05) is 31.2 Å². The number of rotatable bonds is 3. The van der Waals surface area contributed by atoms with E-state index < -0.39 is 6.10 Å². The van der Waals surface area contributed by atoms with Crippen LogP contribution >= 0.6 is 0 Å². The zero-order chi connectivity index (χ0) is 12.4. The van der Waals surface area contributed by atoms with Crippen LogP contribution in [0.4, 0.5) is 0 Å². The lowest BCUT2D eigenvalue weighted by Gasteiger charge is -2.23. The highest BCUT2D eigenvalue weighted by molar-refractivity contribution is 5.84. The van der Waals surface area contributed by atoms with Gasteiger partial charge < -0.3 is 5.11 Å². The van der Waals surface area contributed by atoms with Crippen LogP contribution in [0.15, 0.2) is 24.3 Å². The summed E-state index contributed by atoms with van der Waals surface area (Å²) in [6.07, 6.45) is 1.91. The Morgan fingerprint density at radius 2 is 2.00 bits per heavy atom. The van der Waals surface area contributed by atoms with Crippen LogP contribution in [0.1, 0.15) is 43.4 Å². The van der Waals surface area contributed by atoms with E-state index in [1.165, 1.54) is 5.56 Å². The zero-order valence-electron chi connectivity index (χ0n) is 10.5. The van der Waals surface area contributed by atoms with Crippen molar-refractivity contribution in [1.82, 2.24) is 0 Å². The van der Waals surface area contributed by atoms with Gasteiger partial charge in [0, 0.05) is 6.42 Å². The Labute approximate surface area is 103 Å². The maximum atomic E-state index is 11.9. The molecule has 2 nitrogen and oxygen atoms in total. The van der Waals surface area contributed by atoms with E-state index in [4.69, 9.17) is 0 Å². The average molecular weight is 232 g/mol. The van der Waals surface area contributed by atoms with Crippen molar-refractivity contribution in [1.29, 1.82) is 0 Å². The summed E-state index contributed by atoms with van der Waals surface area (Å²) in [6, 6.07) is 7.83. The number of ketones is 1. The molecule has 1 saturated carbocycles. The van der Waals surface area contributed by atoms with Crippen LogP contribution < -0.4 is 0 Å². The fourth-order valence-electron chi connectivity index (χ4n) is 2.80. The Morgan fingerprint density at radius 3 is 2.59 bits per heavy atom. The first-order chi connectivity index (χ1) is 8.13. The summed E-state index contributed by atoms with van der Waals surface area (Å²) in [4.78, 5) is 11.9. The van der Waals surface area contributed by atoms with Gasteiger partial charge in [-0.3, -0.25) is 4.79 Å². The van der Waals surface area contributed by atoms with E-state index in [-0.39, 0.29) is 11.7 Å². The number of hydrogen-bond donors (Lipinski definition) is 1. The van der Waals surface area contributed by atoms with E-state index in [9.17, 15) is 9.90 Å². The van der Waals surface area contributed by atoms with Crippen LogP contribution in [0, 0.1) is 18.8 Å². The highest BCUT2D eigenvalue weighted by Gasteiger charge is 2.38. The summed E-state index contributed by atoms with van der Waals surface area (Å²) in [6.45, 7) is 4.11. The molecule has 0 radical (unpaired) electrons. The number of carbonyl (C=O) groups excluding carboxylic acids is 1. The first kappa shape index (κ1) is 12.3. The van der Waals surface area contributed by atoms with Gasteiger partial charge in [-0.05, 0) is 24.8 Å². The highest BCUT2D eigenvalue weighted by Crippen LogP contribution is 2.39. The summed E-state index contributed by atoms with van der Waals surface area (Å²) < 4.78 is 0. The molecular weight excluding hydrogens is 212 g/mol. The van der Waals surface area contributed by atoms with Crippen LogP contribution in [-0.2, 0) is 4.79 Å². The molecule has 0 saturated heterocycles. The predicted octanol–water partition coefficient (Wildman–Crippen LogP) is 3.03. The summed E-state index contributed by atoms with van der Waals surface area (Å²) in [7, 11) is 0. The Balaban J connectivity index is 2.21. The maximum Gasteiger partial charge on any atom is 0.139 e. The molecule has 0 aliphatic heterocycles. The lowest BCUT2D eigenvalue weighted by atomic mass is 9.85. The molecule has 1 aromatic rings. The van der Waals surface area contributed by atoms with E-state index >= 15 is 0 Å². The second-order valence-electron chi connectivity index (χ2n) is 5.05. The number of Topliss-reactive ketones (excluding diaryl/α,β-unsaturated/α-hetero) is 1. The molecule has 2 heteroatoms. The SMILES string of the molecule is CCC1CCC(=O)C1C(O)c1ccc(C)cc1. The Hall–Kier alpha value is -1.15. The third-order valence-corrected chi connectivity index (χ3v) is 3.92. The van der Waals surface area contributed by atoms with Crippen molar-refractivity contribution in [2.75, 3.05) is 0 Å². The first-order valence-corrected chi connectivity index (χ1v) is 6.40. The first-order valence-electron chi connectivity index (χ1n) is 6.40. The van der Waals surface area contributed by atoms with Gasteiger partial charge in [0.25, 0.3) is 0 Å². The van der Waals surface area contributed by atoms with Gasteiger partial charge in [0.2, 0.25) is 0 Å². The van der Waals surface area contributed by atoms with Crippen molar-refractivity contribution in [3.63, 3.8) is 0 Å². The summed E-state index contributed by atoms with van der Waals surface area (Å²) in [5, 5.41) is 10.4. The topological polar surface area (TPSA) is 37.3 Å². The van der Waals surface area contributed by atoms with Crippen molar-refractivity contribution in [2.24, 2.45) is 11.8 Å². The number of hydrogen-bond acceptors (Lipinski definition) is 2. The molecule has 2 rings (SSSR count). The fraction of sp³-hybridized carbons (Fsp3) is 0.533. The minimum Gasteiger partial charge on any atom is -0.388 e. The van der Waals surface area contributed by atoms with Crippen LogP contribution in [0.2, 0.25) is 0 Å². The standard InChI is InChI=1S/C15H20O2/c1-3-11-8-9-13(16)14(11)15(17)12-6-4-10(2)5-7-12/h4-7,11,14-15,17H,3,8-9H2,1-2H3. The molecule has 92 valence electrons. The smallest absolute Gasteiger partial charge is 0.139 e. The Morgan fingerprint density at radius 1 is 1.35 bits per heavy atom. The van der Waals surface area contributed by atoms with E-state index in [0.29, 0.717) is 12.3 Å². The monoisotopic (exact) mass is 232 g/mol. The van der Waals surface area contributed by atoms with Crippen LogP contribution in [-0.4, -0.2) is 10.9 Å². The van der Waals surface area contributed by atoms with Gasteiger partial charge in [0.15, 0.2) is 0 Å². The molecule has 1 aliphatic rings. The number of aryl methyl sites for hydroxylation is 1. The molecule has 3 unspecified atom stereocenters. The molecule has 1 fully saturated rings. The number of carbonyl (C=O) groups is 1. The number of aliphatic hydroxyl groups excluding tert-OH is 1. The van der Waals surface area contributed by atoms with Gasteiger partial charge in [-0.2, -0.15) is 0 Å². The van der Waals surface area contributed by atoms with E-state index in [2.05, 4.69) is 6.92 Å². The molecule has 0 aromatic heterocycles. The predicted molar refractivity (Wildman–Crippen MR) is 67.7 cm³/mol. The lowest BCUT2D eigenvalue weighted by molar-refractivity contribution is -0.124. The molecule has 0 bridgehead atoms. The molecule has 1 aliphatic carbocycles. The minimum atomic E-state index is -0.629. The van der Waals surface area contributed by atoms with Crippen LogP contribution in [0.25, 0.3) is 0 Å². The summed E-state index contributed by atoms with van der Waals surface area (Å²) in [5.41, 5.74) is 2.04. The molecule has 0 spiro atoms. The van der Waals surface area contributed by atoms with E-state index in [1.54, 1.807) is 0 Å². The quantitative estimate of drug-likeness (QED) is 0.869. The average Bonchev–Trinajstić information content (AvgIpc) is 2.70. The largest absolute Gasteiger partial charge is 0.388 e. The molecule has 1 N–H and O–H groups in total. The van der Waals surface area contributed by atoms with Gasteiger partial charge in [-0.15, -0.1) is 0 Å². The van der Waals surface area contributed by atoms with Crippen molar-refractivity contribution in [3.05, 3.63) is 35.4 Å². The molecule has 0 heterocycles. The molecule has 17 heavy (non-hydrogen) atoms. The van der Waals surface area contributed by atoms with Gasteiger partial charge in [0.05, 0.1) is 12.0 Å².